The summed E-state index contributed by atoms with van der Waals surface area (Å²) in [6, 6.07) is 5.80. The van der Waals surface area contributed by atoms with Crippen molar-refractivity contribution < 1.29 is 8.42 Å². The first kappa shape index (κ1) is 11.8. The maximum Gasteiger partial charge on any atom is 0.232 e. The van der Waals surface area contributed by atoms with Crippen LogP contribution in [0.1, 0.15) is 10.6 Å². The van der Waals surface area contributed by atoms with E-state index >= 15 is 0 Å². The maximum absolute atomic E-state index is 10.8. The van der Waals surface area contributed by atoms with Crippen molar-refractivity contribution in [1.29, 1.82) is 0 Å². The second kappa shape index (κ2) is 4.31. The Labute approximate surface area is 103 Å². The summed E-state index contributed by atoms with van der Waals surface area (Å²) in [6.07, 6.45) is 0.429. The number of benzene rings is 1. The zero-order valence-electron chi connectivity index (χ0n) is 8.60. The lowest BCUT2D eigenvalue weighted by Gasteiger charge is -1.98. The molecular weight excluding hydrogens is 266 g/mol. The van der Waals surface area contributed by atoms with Gasteiger partial charge in [-0.3, -0.25) is 0 Å². The molecule has 2 aromatic rings. The molecule has 0 aliphatic carbocycles. The van der Waals surface area contributed by atoms with Gasteiger partial charge in [0.2, 0.25) is 9.05 Å². The highest BCUT2D eigenvalue weighted by Gasteiger charge is 2.07. The summed E-state index contributed by atoms with van der Waals surface area (Å²) in [4.78, 5) is 4.35. The third kappa shape index (κ3) is 2.93. The Bertz CT molecular complexity index is 619. The van der Waals surface area contributed by atoms with Crippen LogP contribution in [-0.4, -0.2) is 19.2 Å². The number of thiazole rings is 1. The highest BCUT2D eigenvalue weighted by atomic mass is 35.7. The molecule has 0 radical (unpaired) electrons. The summed E-state index contributed by atoms with van der Waals surface area (Å²) >= 11 is 1.63. The molecule has 0 spiro atoms. The predicted molar refractivity (Wildman–Crippen MR) is 67.7 cm³/mol. The first-order chi connectivity index (χ1) is 7.44. The first-order valence-electron chi connectivity index (χ1n) is 4.72. The molecule has 86 valence electrons. The van der Waals surface area contributed by atoms with E-state index in [0.29, 0.717) is 6.42 Å². The van der Waals surface area contributed by atoms with Gasteiger partial charge in [0.15, 0.2) is 0 Å². The summed E-state index contributed by atoms with van der Waals surface area (Å²) in [5, 5.41) is 1.01. The largest absolute Gasteiger partial charge is 0.242 e. The van der Waals surface area contributed by atoms with Crippen LogP contribution in [0.4, 0.5) is 0 Å². The maximum atomic E-state index is 10.8. The summed E-state index contributed by atoms with van der Waals surface area (Å²) in [6.45, 7) is 1.95. The number of halogens is 1. The van der Waals surface area contributed by atoms with E-state index in [2.05, 4.69) is 4.98 Å². The topological polar surface area (TPSA) is 47.0 Å². The van der Waals surface area contributed by atoms with Crippen molar-refractivity contribution in [3.8, 4) is 0 Å². The minimum Gasteiger partial charge on any atom is -0.242 e. The molecule has 3 nitrogen and oxygen atoms in total. The number of rotatable bonds is 3. The van der Waals surface area contributed by atoms with E-state index in [4.69, 9.17) is 10.7 Å². The fraction of sp³-hybridized carbons (Fsp3) is 0.300. The third-order valence-electron chi connectivity index (χ3n) is 2.19. The Morgan fingerprint density at radius 2 is 2.19 bits per heavy atom. The van der Waals surface area contributed by atoms with Crippen molar-refractivity contribution in [2.75, 3.05) is 5.75 Å². The van der Waals surface area contributed by atoms with Crippen LogP contribution >= 0.6 is 22.0 Å². The predicted octanol–water partition coefficient (Wildman–Crippen LogP) is 2.72. The van der Waals surface area contributed by atoms with E-state index in [9.17, 15) is 8.42 Å². The van der Waals surface area contributed by atoms with E-state index in [1.807, 2.05) is 25.1 Å². The van der Waals surface area contributed by atoms with Gasteiger partial charge < -0.3 is 0 Å². The molecule has 2 rings (SSSR count). The number of hydrogen-bond donors (Lipinski definition) is 0. The SMILES string of the molecule is Cc1nc2cc(CCS(=O)(=O)Cl)ccc2s1. The average molecular weight is 276 g/mol. The van der Waals surface area contributed by atoms with Crippen LogP contribution in [0.25, 0.3) is 10.2 Å². The smallest absolute Gasteiger partial charge is 0.232 e. The fourth-order valence-electron chi connectivity index (χ4n) is 1.48. The highest BCUT2D eigenvalue weighted by molar-refractivity contribution is 8.13. The molecule has 0 aliphatic heterocycles. The third-order valence-corrected chi connectivity index (χ3v) is 4.30. The number of nitrogens with zero attached hydrogens (tertiary/aromatic N) is 1. The van der Waals surface area contributed by atoms with Crippen LogP contribution in [0.2, 0.25) is 0 Å². The Hall–Kier alpha value is -0.650. The van der Waals surface area contributed by atoms with Gasteiger partial charge in [-0.2, -0.15) is 0 Å². The molecule has 1 aromatic carbocycles. The van der Waals surface area contributed by atoms with Crippen molar-refractivity contribution in [1.82, 2.24) is 4.98 Å². The van der Waals surface area contributed by atoms with Gasteiger partial charge in [0, 0.05) is 10.7 Å². The Morgan fingerprint density at radius 1 is 1.44 bits per heavy atom. The molecule has 0 saturated heterocycles. The molecule has 0 fully saturated rings. The molecule has 0 N–H and O–H groups in total. The zero-order valence-corrected chi connectivity index (χ0v) is 11.0. The lowest BCUT2D eigenvalue weighted by Crippen LogP contribution is -2.00. The number of aromatic nitrogens is 1. The standard InChI is InChI=1S/C10H10ClNO2S2/c1-7-12-9-6-8(2-3-10(9)15-7)4-5-16(11,13)14/h2-3,6H,4-5H2,1H3. The van der Waals surface area contributed by atoms with Crippen LogP contribution in [-0.2, 0) is 15.5 Å². The Balaban J connectivity index is 2.25. The summed E-state index contributed by atoms with van der Waals surface area (Å²) in [5.74, 6) is -0.0385. The quantitative estimate of drug-likeness (QED) is 0.809. The van der Waals surface area contributed by atoms with Crippen LogP contribution in [0.5, 0.6) is 0 Å². The van der Waals surface area contributed by atoms with Crippen molar-refractivity contribution in [2.24, 2.45) is 0 Å². The van der Waals surface area contributed by atoms with E-state index in [0.717, 1.165) is 20.8 Å². The van der Waals surface area contributed by atoms with E-state index in [1.165, 1.54) is 0 Å². The molecule has 0 aliphatic rings. The molecule has 1 aromatic heterocycles. The van der Waals surface area contributed by atoms with Gasteiger partial charge >= 0.3 is 0 Å². The minimum atomic E-state index is -3.42. The van der Waals surface area contributed by atoms with Crippen molar-refractivity contribution in [3.05, 3.63) is 28.8 Å². The molecule has 0 atom stereocenters. The average Bonchev–Trinajstić information content (AvgIpc) is 2.52. The van der Waals surface area contributed by atoms with Gasteiger partial charge in [0.05, 0.1) is 21.0 Å². The monoisotopic (exact) mass is 275 g/mol. The second-order valence-electron chi connectivity index (χ2n) is 3.53. The molecule has 16 heavy (non-hydrogen) atoms. The van der Waals surface area contributed by atoms with Gasteiger partial charge in [0.1, 0.15) is 0 Å². The van der Waals surface area contributed by atoms with Crippen LogP contribution in [0.15, 0.2) is 18.2 Å². The molecular formula is C10H10ClNO2S2. The molecule has 1 heterocycles. The minimum absolute atomic E-state index is 0.0385. The zero-order chi connectivity index (χ0) is 11.8. The summed E-state index contributed by atoms with van der Waals surface area (Å²) in [7, 11) is 1.75. The molecule has 0 amide bonds. The van der Waals surface area contributed by atoms with Crippen LogP contribution < -0.4 is 0 Å². The number of aryl methyl sites for hydroxylation is 2. The lowest BCUT2D eigenvalue weighted by molar-refractivity contribution is 0.609. The van der Waals surface area contributed by atoms with Crippen molar-refractivity contribution in [2.45, 2.75) is 13.3 Å². The van der Waals surface area contributed by atoms with Crippen LogP contribution in [0.3, 0.4) is 0 Å². The van der Waals surface area contributed by atoms with E-state index in [-0.39, 0.29) is 5.75 Å². The number of hydrogen-bond acceptors (Lipinski definition) is 4. The lowest BCUT2D eigenvalue weighted by atomic mass is 10.2. The summed E-state index contributed by atoms with van der Waals surface area (Å²) < 4.78 is 22.8. The fourth-order valence-corrected chi connectivity index (χ4v) is 3.00. The van der Waals surface area contributed by atoms with Gasteiger partial charge in [-0.25, -0.2) is 13.4 Å². The first-order valence-corrected chi connectivity index (χ1v) is 8.02. The normalized spacial score (nSPS) is 12.1. The number of fused-ring (bicyclic) bond motifs is 1. The van der Waals surface area contributed by atoms with Crippen LogP contribution in [0, 0.1) is 6.92 Å². The van der Waals surface area contributed by atoms with Gasteiger partial charge in [-0.05, 0) is 31.0 Å². The molecule has 0 unspecified atom stereocenters. The van der Waals surface area contributed by atoms with Gasteiger partial charge in [-0.1, -0.05) is 6.07 Å². The van der Waals surface area contributed by atoms with E-state index in [1.54, 1.807) is 11.3 Å². The molecule has 6 heteroatoms. The Kier molecular flexibility index (Phi) is 3.19. The van der Waals surface area contributed by atoms with E-state index < -0.39 is 9.05 Å². The van der Waals surface area contributed by atoms with Crippen molar-refractivity contribution >= 4 is 41.3 Å². The van der Waals surface area contributed by atoms with Gasteiger partial charge in [-0.15, -0.1) is 11.3 Å². The highest BCUT2D eigenvalue weighted by Crippen LogP contribution is 2.22. The molecule has 0 bridgehead atoms. The van der Waals surface area contributed by atoms with Gasteiger partial charge in [0.25, 0.3) is 0 Å². The van der Waals surface area contributed by atoms with Crippen molar-refractivity contribution in [3.63, 3.8) is 0 Å². The Morgan fingerprint density at radius 3 is 2.88 bits per heavy atom. The summed E-state index contributed by atoms with van der Waals surface area (Å²) in [5.41, 5.74) is 1.87. The second-order valence-corrected chi connectivity index (χ2v) is 7.66. The molecule has 0 saturated carbocycles.